The fourth-order valence-corrected chi connectivity index (χ4v) is 1.32. The maximum atomic E-state index is 4.15. The predicted octanol–water partition coefficient (Wildman–Crippen LogP) is 3.33. The van der Waals surface area contributed by atoms with Crippen molar-refractivity contribution in [3.63, 3.8) is 0 Å². The summed E-state index contributed by atoms with van der Waals surface area (Å²) in [4.78, 5) is 5.35. The zero-order chi connectivity index (χ0) is 8.85. The molecule has 0 aliphatic carbocycles. The van der Waals surface area contributed by atoms with Crippen molar-refractivity contribution in [2.75, 3.05) is 7.05 Å². The third-order valence-electron chi connectivity index (χ3n) is 1.44. The number of thioether (sulfide) groups is 1. The molecule has 0 bridgehead atoms. The molecule has 0 fully saturated rings. The van der Waals surface area contributed by atoms with Crippen molar-refractivity contribution in [2.45, 2.75) is 27.2 Å². The maximum absolute atomic E-state index is 4.15. The van der Waals surface area contributed by atoms with E-state index in [-0.39, 0.29) is 0 Å². The summed E-state index contributed by atoms with van der Waals surface area (Å²) in [6, 6.07) is 0. The summed E-state index contributed by atoms with van der Waals surface area (Å²) in [6.07, 6.45) is 1.01. The van der Waals surface area contributed by atoms with E-state index in [0.29, 0.717) is 5.92 Å². The van der Waals surface area contributed by atoms with E-state index < -0.39 is 0 Å². The minimum Gasteiger partial charge on any atom is -0.286 e. The molecule has 0 saturated heterocycles. The van der Waals surface area contributed by atoms with Crippen LogP contribution in [0.2, 0.25) is 0 Å². The van der Waals surface area contributed by atoms with Crippen LogP contribution in [0.3, 0.4) is 0 Å². The largest absolute Gasteiger partial charge is 0.286 e. The first-order valence-corrected chi connectivity index (χ1v) is 4.75. The molecule has 1 nitrogen and oxygen atoms in total. The third kappa shape index (κ3) is 4.25. The molecule has 64 valence electrons. The van der Waals surface area contributed by atoms with Crippen molar-refractivity contribution < 1.29 is 0 Å². The predicted molar refractivity (Wildman–Crippen MR) is 55.2 cm³/mol. The van der Waals surface area contributed by atoms with Gasteiger partial charge in [-0.25, -0.2) is 0 Å². The van der Waals surface area contributed by atoms with E-state index in [2.05, 4.69) is 32.3 Å². The Kier molecular flexibility index (Phi) is 5.30. The SMILES string of the molecule is C=C(SC(CC)=NC)C(C)C. The zero-order valence-electron chi connectivity index (χ0n) is 7.85. The summed E-state index contributed by atoms with van der Waals surface area (Å²) in [5, 5.41) is 1.17. The standard InChI is InChI=1S/C9H17NS/c1-6-9(10-5)11-8(4)7(2)3/h7H,4,6H2,1-3,5H3. The second-order valence-corrected chi connectivity index (χ2v) is 3.89. The Morgan fingerprint density at radius 2 is 2.09 bits per heavy atom. The van der Waals surface area contributed by atoms with Gasteiger partial charge in [0.15, 0.2) is 0 Å². The molecule has 0 spiro atoms. The number of allylic oxidation sites excluding steroid dienone is 1. The first-order chi connectivity index (χ1) is 5.11. The highest BCUT2D eigenvalue weighted by Gasteiger charge is 2.03. The van der Waals surface area contributed by atoms with Crippen molar-refractivity contribution >= 4 is 16.8 Å². The van der Waals surface area contributed by atoms with Gasteiger partial charge in [-0.15, -0.1) is 0 Å². The number of rotatable bonds is 3. The average Bonchev–Trinajstić information content (AvgIpc) is 1.99. The molecule has 0 atom stereocenters. The van der Waals surface area contributed by atoms with E-state index in [1.165, 1.54) is 9.95 Å². The van der Waals surface area contributed by atoms with Crippen LogP contribution in [0.5, 0.6) is 0 Å². The molecule has 0 amide bonds. The Bertz CT molecular complexity index is 159. The van der Waals surface area contributed by atoms with E-state index in [1.807, 2.05) is 7.05 Å². The van der Waals surface area contributed by atoms with Gasteiger partial charge in [-0.3, -0.25) is 4.99 Å². The van der Waals surface area contributed by atoms with Gasteiger partial charge < -0.3 is 0 Å². The Morgan fingerprint density at radius 3 is 2.36 bits per heavy atom. The topological polar surface area (TPSA) is 12.4 Å². The van der Waals surface area contributed by atoms with Crippen LogP contribution in [-0.4, -0.2) is 12.1 Å². The highest BCUT2D eigenvalue weighted by molar-refractivity contribution is 8.17. The lowest BCUT2D eigenvalue weighted by Gasteiger charge is -2.08. The normalized spacial score (nSPS) is 12.3. The van der Waals surface area contributed by atoms with Crippen molar-refractivity contribution in [1.82, 2.24) is 0 Å². The van der Waals surface area contributed by atoms with Gasteiger partial charge in [-0.1, -0.05) is 39.1 Å². The van der Waals surface area contributed by atoms with Crippen LogP contribution in [0.1, 0.15) is 27.2 Å². The molecule has 0 heterocycles. The molecule has 0 aliphatic rings. The molecular formula is C9H17NS. The summed E-state index contributed by atoms with van der Waals surface area (Å²) in [7, 11) is 1.83. The summed E-state index contributed by atoms with van der Waals surface area (Å²) in [5.74, 6) is 0.545. The Morgan fingerprint density at radius 1 is 1.55 bits per heavy atom. The fourth-order valence-electron chi connectivity index (χ4n) is 0.545. The second kappa shape index (κ2) is 5.42. The number of aliphatic imine (C=N–C) groups is 1. The molecule has 11 heavy (non-hydrogen) atoms. The van der Waals surface area contributed by atoms with Gasteiger partial charge in [0.1, 0.15) is 0 Å². The van der Waals surface area contributed by atoms with Gasteiger partial charge in [-0.05, 0) is 17.2 Å². The van der Waals surface area contributed by atoms with Gasteiger partial charge in [0, 0.05) is 7.05 Å². The fraction of sp³-hybridized carbons (Fsp3) is 0.667. The van der Waals surface area contributed by atoms with Crippen molar-refractivity contribution in [2.24, 2.45) is 10.9 Å². The highest BCUT2D eigenvalue weighted by Crippen LogP contribution is 2.24. The Balaban J connectivity index is 3.93. The highest BCUT2D eigenvalue weighted by atomic mass is 32.2. The van der Waals surface area contributed by atoms with Crippen molar-refractivity contribution in [1.29, 1.82) is 0 Å². The third-order valence-corrected chi connectivity index (χ3v) is 2.89. The Hall–Kier alpha value is -0.240. The van der Waals surface area contributed by atoms with E-state index in [0.717, 1.165) is 6.42 Å². The monoisotopic (exact) mass is 171 g/mol. The van der Waals surface area contributed by atoms with Crippen LogP contribution in [0.25, 0.3) is 0 Å². The van der Waals surface area contributed by atoms with Gasteiger partial charge in [0.25, 0.3) is 0 Å². The lowest BCUT2D eigenvalue weighted by atomic mass is 10.2. The van der Waals surface area contributed by atoms with Gasteiger partial charge in [-0.2, -0.15) is 0 Å². The molecule has 0 aliphatic heterocycles. The van der Waals surface area contributed by atoms with Crippen molar-refractivity contribution in [3.05, 3.63) is 11.5 Å². The zero-order valence-corrected chi connectivity index (χ0v) is 8.66. The minimum atomic E-state index is 0.545. The van der Waals surface area contributed by atoms with Crippen molar-refractivity contribution in [3.8, 4) is 0 Å². The van der Waals surface area contributed by atoms with Crippen LogP contribution in [0.4, 0.5) is 0 Å². The number of hydrogen-bond donors (Lipinski definition) is 0. The molecule has 0 radical (unpaired) electrons. The number of hydrogen-bond acceptors (Lipinski definition) is 2. The van der Waals surface area contributed by atoms with Crippen LogP contribution >= 0.6 is 11.8 Å². The smallest absolute Gasteiger partial charge is 0.0714 e. The second-order valence-electron chi connectivity index (χ2n) is 2.69. The van der Waals surface area contributed by atoms with Gasteiger partial charge >= 0.3 is 0 Å². The molecular weight excluding hydrogens is 154 g/mol. The van der Waals surface area contributed by atoms with E-state index in [4.69, 9.17) is 0 Å². The van der Waals surface area contributed by atoms with E-state index >= 15 is 0 Å². The Labute approximate surface area is 74.0 Å². The summed E-state index contributed by atoms with van der Waals surface area (Å²) in [6.45, 7) is 10.4. The van der Waals surface area contributed by atoms with Crippen LogP contribution in [-0.2, 0) is 0 Å². The molecule has 0 rings (SSSR count). The molecule has 0 aromatic rings. The van der Waals surface area contributed by atoms with Gasteiger partial charge in [0.05, 0.1) is 5.04 Å². The lowest BCUT2D eigenvalue weighted by molar-refractivity contribution is 0.821. The van der Waals surface area contributed by atoms with E-state index in [9.17, 15) is 0 Å². The molecule has 0 aromatic carbocycles. The number of nitrogens with zero attached hydrogens (tertiary/aromatic N) is 1. The summed E-state index contributed by atoms with van der Waals surface area (Å²) < 4.78 is 0. The average molecular weight is 171 g/mol. The quantitative estimate of drug-likeness (QED) is 0.468. The van der Waals surface area contributed by atoms with E-state index in [1.54, 1.807) is 11.8 Å². The molecule has 0 N–H and O–H groups in total. The maximum Gasteiger partial charge on any atom is 0.0714 e. The van der Waals surface area contributed by atoms with Crippen LogP contribution in [0, 0.1) is 5.92 Å². The minimum absolute atomic E-state index is 0.545. The molecule has 0 aromatic heterocycles. The van der Waals surface area contributed by atoms with Gasteiger partial charge in [0.2, 0.25) is 0 Å². The molecule has 2 heteroatoms. The first kappa shape index (κ1) is 10.8. The first-order valence-electron chi connectivity index (χ1n) is 3.94. The van der Waals surface area contributed by atoms with Crippen LogP contribution in [0.15, 0.2) is 16.5 Å². The lowest BCUT2D eigenvalue weighted by Crippen LogP contribution is -1.94. The summed E-state index contributed by atoms with van der Waals surface area (Å²) in [5.41, 5.74) is 0. The van der Waals surface area contributed by atoms with Crippen LogP contribution < -0.4 is 0 Å². The summed E-state index contributed by atoms with van der Waals surface area (Å²) >= 11 is 1.71. The molecule has 0 unspecified atom stereocenters. The molecule has 0 saturated carbocycles.